The van der Waals surface area contributed by atoms with E-state index in [1.165, 1.54) is 4.57 Å². The number of rotatable bonds is 0. The van der Waals surface area contributed by atoms with E-state index in [0.717, 1.165) is 10.9 Å². The first-order chi connectivity index (χ1) is 8.47. The van der Waals surface area contributed by atoms with Crippen molar-refractivity contribution in [2.24, 2.45) is 0 Å². The van der Waals surface area contributed by atoms with Gasteiger partial charge in [-0.05, 0) is 32.9 Å². The molecule has 1 heterocycles. The highest BCUT2D eigenvalue weighted by molar-refractivity contribution is 5.89. The normalized spacial score (nSPS) is 10.7. The van der Waals surface area contributed by atoms with Crippen LogP contribution in [0.5, 0.6) is 0 Å². The summed E-state index contributed by atoms with van der Waals surface area (Å²) in [7, 11) is 0. The molecule has 3 heteroatoms. The Bertz CT molecular complexity index is 521. The number of aromatic nitrogens is 1. The van der Waals surface area contributed by atoms with Crippen molar-refractivity contribution in [3.8, 4) is 0 Å². The number of nitrogens with zero attached hydrogens (tertiary/aromatic N) is 1. The largest absolute Gasteiger partial charge is 0.443 e. The van der Waals surface area contributed by atoms with Gasteiger partial charge in [0.1, 0.15) is 5.60 Å². The molecule has 1 aromatic carbocycles. The van der Waals surface area contributed by atoms with Crippen LogP contribution in [-0.4, -0.2) is 16.3 Å². The van der Waals surface area contributed by atoms with Gasteiger partial charge in [-0.1, -0.05) is 32.0 Å². The topological polar surface area (TPSA) is 31.2 Å². The Morgan fingerprint density at radius 1 is 1.11 bits per heavy atom. The molecule has 0 fully saturated rings. The van der Waals surface area contributed by atoms with Crippen LogP contribution in [0.1, 0.15) is 34.6 Å². The van der Waals surface area contributed by atoms with Crippen LogP contribution in [0.15, 0.2) is 36.5 Å². The molecule has 0 spiro atoms. The Labute approximate surface area is 108 Å². The van der Waals surface area contributed by atoms with Crippen LogP contribution < -0.4 is 0 Å². The molecular formula is C15H21NO2. The Morgan fingerprint density at radius 3 is 2.33 bits per heavy atom. The fraction of sp³-hybridized carbons (Fsp3) is 0.400. The number of fused-ring (bicyclic) bond motifs is 1. The van der Waals surface area contributed by atoms with Crippen LogP contribution in [0.4, 0.5) is 4.79 Å². The quantitative estimate of drug-likeness (QED) is 0.688. The fourth-order valence-electron chi connectivity index (χ4n) is 1.55. The van der Waals surface area contributed by atoms with Gasteiger partial charge in [0.15, 0.2) is 0 Å². The second kappa shape index (κ2) is 5.71. The smallest absolute Gasteiger partial charge is 0.418 e. The van der Waals surface area contributed by atoms with E-state index in [0.29, 0.717) is 0 Å². The molecule has 0 aliphatic heterocycles. The molecular weight excluding hydrogens is 226 g/mol. The minimum Gasteiger partial charge on any atom is -0.443 e. The van der Waals surface area contributed by atoms with Gasteiger partial charge in [-0.3, -0.25) is 4.57 Å². The summed E-state index contributed by atoms with van der Waals surface area (Å²) in [5.74, 6) is 0. The summed E-state index contributed by atoms with van der Waals surface area (Å²) in [6.45, 7) is 9.57. The van der Waals surface area contributed by atoms with Gasteiger partial charge < -0.3 is 4.74 Å². The first-order valence-electron chi connectivity index (χ1n) is 6.27. The average molecular weight is 247 g/mol. The zero-order valence-corrected chi connectivity index (χ0v) is 11.7. The van der Waals surface area contributed by atoms with Crippen molar-refractivity contribution >= 4 is 17.0 Å². The van der Waals surface area contributed by atoms with E-state index in [2.05, 4.69) is 0 Å². The highest BCUT2D eigenvalue weighted by Gasteiger charge is 2.18. The van der Waals surface area contributed by atoms with E-state index in [1.54, 1.807) is 6.20 Å². The van der Waals surface area contributed by atoms with Gasteiger partial charge in [0.2, 0.25) is 0 Å². The van der Waals surface area contributed by atoms with Crippen molar-refractivity contribution < 1.29 is 9.53 Å². The Balaban J connectivity index is 0.000000771. The number of benzene rings is 1. The van der Waals surface area contributed by atoms with E-state index < -0.39 is 5.60 Å². The van der Waals surface area contributed by atoms with Gasteiger partial charge >= 0.3 is 6.09 Å². The van der Waals surface area contributed by atoms with Crippen LogP contribution in [0.3, 0.4) is 0 Å². The lowest BCUT2D eigenvalue weighted by Gasteiger charge is -2.19. The van der Waals surface area contributed by atoms with Crippen molar-refractivity contribution in [1.82, 2.24) is 4.57 Å². The maximum absolute atomic E-state index is 11.9. The van der Waals surface area contributed by atoms with Crippen LogP contribution >= 0.6 is 0 Å². The SMILES string of the molecule is CC.CC(C)(C)OC(=O)n1ccc2ccccc21. The van der Waals surface area contributed by atoms with E-state index in [-0.39, 0.29) is 6.09 Å². The molecule has 1 aromatic heterocycles. The van der Waals surface area contributed by atoms with Gasteiger partial charge in [0, 0.05) is 11.6 Å². The predicted octanol–water partition coefficient (Wildman–Crippen LogP) is 4.45. The second-order valence-corrected chi connectivity index (χ2v) is 4.72. The van der Waals surface area contributed by atoms with Crippen LogP contribution in [0.2, 0.25) is 0 Å². The summed E-state index contributed by atoms with van der Waals surface area (Å²) in [5, 5.41) is 1.04. The molecule has 0 amide bonds. The number of carbonyl (C=O) groups is 1. The zero-order valence-electron chi connectivity index (χ0n) is 11.7. The van der Waals surface area contributed by atoms with Crippen molar-refractivity contribution in [3.05, 3.63) is 36.5 Å². The van der Waals surface area contributed by atoms with E-state index in [9.17, 15) is 4.79 Å². The maximum atomic E-state index is 11.9. The number of carbonyl (C=O) groups excluding carboxylic acids is 1. The van der Waals surface area contributed by atoms with Gasteiger partial charge in [-0.15, -0.1) is 0 Å². The van der Waals surface area contributed by atoms with Crippen molar-refractivity contribution in [2.45, 2.75) is 40.2 Å². The second-order valence-electron chi connectivity index (χ2n) is 4.72. The summed E-state index contributed by atoms with van der Waals surface area (Å²) in [6, 6.07) is 9.62. The highest BCUT2D eigenvalue weighted by Crippen LogP contribution is 2.17. The average Bonchev–Trinajstić information content (AvgIpc) is 2.73. The molecule has 0 aliphatic rings. The van der Waals surface area contributed by atoms with E-state index in [1.807, 2.05) is 65.0 Å². The number of para-hydroxylation sites is 1. The lowest BCUT2D eigenvalue weighted by molar-refractivity contribution is 0.0544. The van der Waals surface area contributed by atoms with Gasteiger partial charge in [-0.25, -0.2) is 4.79 Å². The summed E-state index contributed by atoms with van der Waals surface area (Å²) < 4.78 is 6.84. The number of hydrogen-bond acceptors (Lipinski definition) is 2. The third kappa shape index (κ3) is 3.36. The summed E-state index contributed by atoms with van der Waals surface area (Å²) in [4.78, 5) is 11.9. The highest BCUT2D eigenvalue weighted by atomic mass is 16.6. The minimum absolute atomic E-state index is 0.339. The molecule has 18 heavy (non-hydrogen) atoms. The van der Waals surface area contributed by atoms with Crippen LogP contribution in [0.25, 0.3) is 10.9 Å². The molecule has 2 rings (SSSR count). The maximum Gasteiger partial charge on any atom is 0.418 e. The monoisotopic (exact) mass is 247 g/mol. The minimum atomic E-state index is -0.470. The Kier molecular flexibility index (Phi) is 4.54. The third-order valence-electron chi connectivity index (χ3n) is 2.19. The Morgan fingerprint density at radius 2 is 1.72 bits per heavy atom. The first-order valence-corrected chi connectivity index (χ1v) is 6.27. The standard InChI is InChI=1S/C13H15NO2.C2H6/c1-13(2,3)16-12(15)14-9-8-10-6-4-5-7-11(10)14;1-2/h4-9H,1-3H3;1-2H3. The molecule has 0 saturated heterocycles. The lowest BCUT2D eigenvalue weighted by atomic mass is 10.2. The van der Waals surface area contributed by atoms with Crippen molar-refractivity contribution in [1.29, 1.82) is 0 Å². The van der Waals surface area contributed by atoms with Crippen molar-refractivity contribution in [2.75, 3.05) is 0 Å². The molecule has 0 unspecified atom stereocenters. The molecule has 0 saturated carbocycles. The van der Waals surface area contributed by atoms with Gasteiger partial charge in [-0.2, -0.15) is 0 Å². The first kappa shape index (κ1) is 14.3. The van der Waals surface area contributed by atoms with Gasteiger partial charge in [0.25, 0.3) is 0 Å². The molecule has 3 nitrogen and oxygen atoms in total. The molecule has 0 aliphatic carbocycles. The van der Waals surface area contributed by atoms with E-state index >= 15 is 0 Å². The number of ether oxygens (including phenoxy) is 1. The molecule has 98 valence electrons. The fourth-order valence-corrected chi connectivity index (χ4v) is 1.55. The molecule has 0 bridgehead atoms. The van der Waals surface area contributed by atoms with Gasteiger partial charge in [0.05, 0.1) is 5.52 Å². The van der Waals surface area contributed by atoms with Crippen LogP contribution in [-0.2, 0) is 4.74 Å². The molecule has 0 radical (unpaired) electrons. The summed E-state index contributed by atoms with van der Waals surface area (Å²) >= 11 is 0. The third-order valence-corrected chi connectivity index (χ3v) is 2.19. The predicted molar refractivity (Wildman–Crippen MR) is 74.9 cm³/mol. The van der Waals surface area contributed by atoms with Crippen LogP contribution in [0, 0.1) is 0 Å². The van der Waals surface area contributed by atoms with E-state index in [4.69, 9.17) is 4.74 Å². The lowest BCUT2D eigenvalue weighted by Crippen LogP contribution is -2.26. The molecule has 2 aromatic rings. The molecule has 0 N–H and O–H groups in total. The van der Waals surface area contributed by atoms with Crippen molar-refractivity contribution in [3.63, 3.8) is 0 Å². The number of hydrogen-bond donors (Lipinski definition) is 0. The summed E-state index contributed by atoms with van der Waals surface area (Å²) in [5.41, 5.74) is 0.402. The summed E-state index contributed by atoms with van der Waals surface area (Å²) in [6.07, 6.45) is 1.40. The zero-order chi connectivity index (χ0) is 13.8. The Hall–Kier alpha value is -1.77. The molecule has 0 atom stereocenters.